The fraction of sp³-hybridized carbons (Fsp3) is 0.0952. The van der Waals surface area contributed by atoms with Gasteiger partial charge in [-0.2, -0.15) is 19.6 Å². The van der Waals surface area contributed by atoms with Gasteiger partial charge in [0.2, 0.25) is 10.0 Å². The van der Waals surface area contributed by atoms with E-state index in [2.05, 4.69) is 15.3 Å². The normalized spacial score (nSPS) is 11.7. The second kappa shape index (κ2) is 8.58. The van der Waals surface area contributed by atoms with E-state index in [0.29, 0.717) is 22.1 Å². The number of nitrogens with zero attached hydrogens (tertiary/aromatic N) is 5. The third-order valence-corrected chi connectivity index (χ3v) is 6.93. The van der Waals surface area contributed by atoms with Crippen molar-refractivity contribution in [3.8, 4) is 28.4 Å². The van der Waals surface area contributed by atoms with Crippen molar-refractivity contribution < 1.29 is 18.6 Å². The SMILES string of the molecule is CN(Cc1cccnn1)S(=O)(=O)c1cc(-c2ccnn2-c2ccccc2Cl)c(O)cc1O. The predicted molar refractivity (Wildman–Crippen MR) is 118 cm³/mol. The van der Waals surface area contributed by atoms with Gasteiger partial charge in [-0.3, -0.25) is 0 Å². The molecule has 0 atom stereocenters. The van der Waals surface area contributed by atoms with E-state index < -0.39 is 15.8 Å². The van der Waals surface area contributed by atoms with Crippen LogP contribution in [0.2, 0.25) is 5.02 Å². The highest BCUT2D eigenvalue weighted by Crippen LogP contribution is 2.39. The van der Waals surface area contributed by atoms with Crippen molar-refractivity contribution in [2.75, 3.05) is 7.05 Å². The Morgan fingerprint density at radius 3 is 2.53 bits per heavy atom. The lowest BCUT2D eigenvalue weighted by Gasteiger charge is -2.19. The summed E-state index contributed by atoms with van der Waals surface area (Å²) in [5.74, 6) is -0.895. The van der Waals surface area contributed by atoms with Gasteiger partial charge in [0, 0.05) is 24.9 Å². The van der Waals surface area contributed by atoms with E-state index in [1.165, 1.54) is 30.2 Å². The van der Waals surface area contributed by atoms with Crippen molar-refractivity contribution in [3.05, 3.63) is 77.7 Å². The average Bonchev–Trinajstić information content (AvgIpc) is 3.24. The lowest BCUT2D eigenvalue weighted by Crippen LogP contribution is -2.27. The van der Waals surface area contributed by atoms with Crippen molar-refractivity contribution in [1.82, 2.24) is 24.3 Å². The number of phenolic OH excluding ortho intramolecular Hbond substituents is 2. The minimum absolute atomic E-state index is 0.0522. The third kappa shape index (κ3) is 4.03. The van der Waals surface area contributed by atoms with Crippen LogP contribution in [0.3, 0.4) is 0 Å². The zero-order valence-electron chi connectivity index (χ0n) is 16.8. The van der Waals surface area contributed by atoms with Gasteiger partial charge in [-0.15, -0.1) is 0 Å². The van der Waals surface area contributed by atoms with Crippen molar-refractivity contribution >= 4 is 21.6 Å². The van der Waals surface area contributed by atoms with Crippen LogP contribution in [-0.2, 0) is 16.6 Å². The zero-order valence-corrected chi connectivity index (χ0v) is 18.4. The summed E-state index contributed by atoms with van der Waals surface area (Å²) in [4.78, 5) is -0.372. The molecule has 4 rings (SSSR count). The summed E-state index contributed by atoms with van der Waals surface area (Å²) >= 11 is 6.29. The Hall–Kier alpha value is -3.47. The molecule has 0 aliphatic heterocycles. The van der Waals surface area contributed by atoms with Crippen LogP contribution in [0.15, 0.2) is 71.9 Å². The highest BCUT2D eigenvalue weighted by molar-refractivity contribution is 7.89. The lowest BCUT2D eigenvalue weighted by atomic mass is 10.1. The van der Waals surface area contributed by atoms with Crippen LogP contribution in [0.1, 0.15) is 5.69 Å². The molecule has 0 unspecified atom stereocenters. The molecule has 0 fully saturated rings. The molecule has 0 radical (unpaired) electrons. The molecule has 2 aromatic heterocycles. The highest BCUT2D eigenvalue weighted by atomic mass is 35.5. The van der Waals surface area contributed by atoms with E-state index in [4.69, 9.17) is 11.6 Å². The third-order valence-electron chi connectivity index (χ3n) is 4.78. The van der Waals surface area contributed by atoms with Gasteiger partial charge < -0.3 is 10.2 Å². The van der Waals surface area contributed by atoms with E-state index in [1.807, 2.05) is 0 Å². The van der Waals surface area contributed by atoms with Crippen molar-refractivity contribution in [3.63, 3.8) is 0 Å². The van der Waals surface area contributed by atoms with Crippen molar-refractivity contribution in [2.45, 2.75) is 11.4 Å². The first-order chi connectivity index (χ1) is 15.3. The number of halogens is 1. The number of para-hydroxylation sites is 1. The average molecular weight is 472 g/mol. The molecule has 0 aliphatic carbocycles. The maximum atomic E-state index is 13.2. The Kier molecular flexibility index (Phi) is 5.83. The Balaban J connectivity index is 1.79. The van der Waals surface area contributed by atoms with Gasteiger partial charge >= 0.3 is 0 Å². The van der Waals surface area contributed by atoms with E-state index in [1.54, 1.807) is 42.5 Å². The molecular formula is C21H18ClN5O4S. The number of phenols is 2. The Morgan fingerprint density at radius 2 is 1.81 bits per heavy atom. The van der Waals surface area contributed by atoms with Gasteiger partial charge in [0.25, 0.3) is 0 Å². The molecule has 32 heavy (non-hydrogen) atoms. The van der Waals surface area contributed by atoms with Crippen LogP contribution in [0, 0.1) is 0 Å². The minimum atomic E-state index is -4.14. The molecule has 2 aromatic carbocycles. The molecule has 0 aliphatic rings. The van der Waals surface area contributed by atoms with Gasteiger partial charge in [-0.1, -0.05) is 23.7 Å². The summed E-state index contributed by atoms with van der Waals surface area (Å²) in [5.41, 5.74) is 1.54. The second-order valence-electron chi connectivity index (χ2n) is 6.89. The molecule has 9 nitrogen and oxygen atoms in total. The van der Waals surface area contributed by atoms with E-state index in [9.17, 15) is 18.6 Å². The second-order valence-corrected chi connectivity index (χ2v) is 9.31. The monoisotopic (exact) mass is 471 g/mol. The van der Waals surface area contributed by atoms with Crippen LogP contribution in [0.5, 0.6) is 11.5 Å². The van der Waals surface area contributed by atoms with Crippen LogP contribution in [0.4, 0.5) is 0 Å². The number of aromatic hydroxyl groups is 2. The Bertz CT molecular complexity index is 1380. The summed E-state index contributed by atoms with van der Waals surface area (Å²) in [6.45, 7) is -0.0522. The fourth-order valence-corrected chi connectivity index (χ4v) is 4.63. The first-order valence-corrected chi connectivity index (χ1v) is 11.2. The van der Waals surface area contributed by atoms with Gasteiger partial charge in [-0.25, -0.2) is 13.1 Å². The summed E-state index contributed by atoms with van der Waals surface area (Å²) in [7, 11) is -2.77. The zero-order chi connectivity index (χ0) is 22.9. The maximum absolute atomic E-state index is 13.2. The van der Waals surface area contributed by atoms with E-state index in [0.717, 1.165) is 10.4 Å². The smallest absolute Gasteiger partial charge is 0.246 e. The van der Waals surface area contributed by atoms with Crippen LogP contribution in [0.25, 0.3) is 16.9 Å². The summed E-state index contributed by atoms with van der Waals surface area (Å²) < 4.78 is 28.9. The molecule has 0 spiro atoms. The topological polar surface area (TPSA) is 121 Å². The molecule has 0 amide bonds. The number of rotatable bonds is 6. The molecule has 0 saturated heterocycles. The summed E-state index contributed by atoms with van der Waals surface area (Å²) in [6, 6.07) is 14.1. The van der Waals surface area contributed by atoms with Gasteiger partial charge in [-0.05, 0) is 36.4 Å². The molecule has 4 aromatic rings. The molecular weight excluding hydrogens is 454 g/mol. The first kappa shape index (κ1) is 21.8. The number of aromatic nitrogens is 4. The molecule has 11 heteroatoms. The van der Waals surface area contributed by atoms with Crippen LogP contribution in [-0.4, -0.2) is 50.0 Å². The number of benzene rings is 2. The first-order valence-electron chi connectivity index (χ1n) is 9.37. The molecule has 2 N–H and O–H groups in total. The van der Waals surface area contributed by atoms with Crippen LogP contribution < -0.4 is 0 Å². The van der Waals surface area contributed by atoms with Crippen molar-refractivity contribution in [2.24, 2.45) is 0 Å². The fourth-order valence-electron chi connectivity index (χ4n) is 3.19. The van der Waals surface area contributed by atoms with Gasteiger partial charge in [0.05, 0.1) is 34.8 Å². The van der Waals surface area contributed by atoms with E-state index >= 15 is 0 Å². The Morgan fingerprint density at radius 1 is 1.03 bits per heavy atom. The predicted octanol–water partition coefficient (Wildman–Crippen LogP) is 3.21. The molecule has 0 bridgehead atoms. The van der Waals surface area contributed by atoms with Crippen LogP contribution >= 0.6 is 11.6 Å². The minimum Gasteiger partial charge on any atom is -0.507 e. The maximum Gasteiger partial charge on any atom is 0.246 e. The van der Waals surface area contributed by atoms with Gasteiger partial charge in [0.15, 0.2) is 0 Å². The number of sulfonamides is 1. The Labute approximate surface area is 189 Å². The molecule has 0 saturated carbocycles. The largest absolute Gasteiger partial charge is 0.507 e. The number of hydrogen-bond acceptors (Lipinski definition) is 7. The summed E-state index contributed by atoms with van der Waals surface area (Å²) in [5, 5.41) is 33.2. The van der Waals surface area contributed by atoms with Crippen molar-refractivity contribution in [1.29, 1.82) is 0 Å². The van der Waals surface area contributed by atoms with E-state index in [-0.39, 0.29) is 22.8 Å². The lowest BCUT2D eigenvalue weighted by molar-refractivity contribution is 0.428. The standard InChI is InChI=1S/C21H18ClN5O4S/c1-26(13-14-5-4-9-23-25-14)32(30,31)21-11-15(19(28)12-20(21)29)17-8-10-24-27(17)18-7-3-2-6-16(18)22/h2-12,28-29H,13H2,1H3. The highest BCUT2D eigenvalue weighted by Gasteiger charge is 2.27. The quantitative estimate of drug-likeness (QED) is 0.442. The summed E-state index contributed by atoms with van der Waals surface area (Å²) in [6.07, 6.45) is 2.98. The number of hydrogen-bond donors (Lipinski definition) is 2. The van der Waals surface area contributed by atoms with Gasteiger partial charge in [0.1, 0.15) is 16.4 Å². The molecule has 2 heterocycles. The molecule has 164 valence electrons.